The summed E-state index contributed by atoms with van der Waals surface area (Å²) in [5.74, 6) is 0.769. The van der Waals surface area contributed by atoms with Crippen molar-refractivity contribution in [3.63, 3.8) is 0 Å². The van der Waals surface area contributed by atoms with Gasteiger partial charge >= 0.3 is 0 Å². The van der Waals surface area contributed by atoms with Crippen molar-refractivity contribution in [2.24, 2.45) is 0 Å². The van der Waals surface area contributed by atoms with Crippen molar-refractivity contribution in [1.82, 2.24) is 0 Å². The fraction of sp³-hybridized carbons (Fsp3) is 0.143. The van der Waals surface area contributed by atoms with Crippen LogP contribution in [0.3, 0.4) is 0 Å². The lowest BCUT2D eigenvalue weighted by Crippen LogP contribution is -1.81. The van der Waals surface area contributed by atoms with Gasteiger partial charge in [0.2, 0.25) is 0 Å². The molecule has 2 nitrogen and oxygen atoms in total. The molecule has 0 fully saturated rings. The molecule has 0 amide bonds. The van der Waals surface area contributed by atoms with E-state index in [1.165, 1.54) is 0 Å². The van der Waals surface area contributed by atoms with E-state index in [-0.39, 0.29) is 5.75 Å². The summed E-state index contributed by atoms with van der Waals surface area (Å²) in [6.45, 7) is 0. The number of ether oxygens (including phenoxy) is 1. The number of benzene rings is 1. The Kier molecular flexibility index (Phi) is 2.17. The lowest BCUT2D eigenvalue weighted by Gasteiger charge is -1.99. The van der Waals surface area contributed by atoms with Crippen molar-refractivity contribution in [3.05, 3.63) is 22.7 Å². The Morgan fingerprint density at radius 2 is 2.40 bits per heavy atom. The Labute approximate surface area is 67.6 Å². The molecule has 1 aromatic carbocycles. The van der Waals surface area contributed by atoms with Crippen LogP contribution in [0.5, 0.6) is 11.5 Å². The second-order valence-electron chi connectivity index (χ2n) is 1.74. The maximum Gasteiger partial charge on any atom is 0.137 e. The molecule has 1 rings (SSSR count). The van der Waals surface area contributed by atoms with Crippen LogP contribution < -0.4 is 4.74 Å². The van der Waals surface area contributed by atoms with Crippen molar-refractivity contribution in [2.75, 3.05) is 7.11 Å². The summed E-state index contributed by atoms with van der Waals surface area (Å²) in [6, 6.07) is 5.84. The fourth-order valence-electron chi connectivity index (χ4n) is 0.561. The molecule has 3 heteroatoms. The molecule has 0 heterocycles. The number of aromatic hydroxyl groups is 1. The Hall–Kier alpha value is -0.700. The highest BCUT2D eigenvalue weighted by atomic mass is 79.9. The molecule has 0 bridgehead atoms. The number of rotatable bonds is 1. The summed E-state index contributed by atoms with van der Waals surface area (Å²) in [5, 5.41) is 8.98. The van der Waals surface area contributed by atoms with Crippen LogP contribution in [-0.4, -0.2) is 12.2 Å². The SMILES string of the molecule is COc1c[c]c(O)c(Br)c1. The van der Waals surface area contributed by atoms with Gasteiger partial charge in [-0.15, -0.1) is 0 Å². The highest BCUT2D eigenvalue weighted by molar-refractivity contribution is 9.10. The highest BCUT2D eigenvalue weighted by Gasteiger charge is 1.97. The standard InChI is InChI=1S/C7H6BrO2/c1-10-5-2-3-7(9)6(8)4-5/h2,4,9H,1H3. The zero-order chi connectivity index (χ0) is 7.56. The first kappa shape index (κ1) is 7.41. The summed E-state index contributed by atoms with van der Waals surface area (Å²) in [7, 11) is 1.56. The van der Waals surface area contributed by atoms with Crippen molar-refractivity contribution < 1.29 is 9.84 Å². The maximum absolute atomic E-state index is 8.98. The van der Waals surface area contributed by atoms with E-state index in [2.05, 4.69) is 22.0 Å². The average Bonchev–Trinajstić information content (AvgIpc) is 1.95. The van der Waals surface area contributed by atoms with E-state index >= 15 is 0 Å². The Morgan fingerprint density at radius 3 is 2.90 bits per heavy atom. The van der Waals surface area contributed by atoms with Crippen LogP contribution in [0.25, 0.3) is 0 Å². The van der Waals surface area contributed by atoms with Crippen LogP contribution >= 0.6 is 15.9 Å². The molecule has 0 saturated heterocycles. The van der Waals surface area contributed by atoms with Crippen molar-refractivity contribution in [3.8, 4) is 11.5 Å². The number of methoxy groups -OCH3 is 1. The monoisotopic (exact) mass is 201 g/mol. The predicted octanol–water partition coefficient (Wildman–Crippen LogP) is 1.96. The Balaban J connectivity index is 3.04. The fourth-order valence-corrected chi connectivity index (χ4v) is 0.901. The van der Waals surface area contributed by atoms with E-state index < -0.39 is 0 Å². The first-order valence-corrected chi connectivity index (χ1v) is 3.47. The van der Waals surface area contributed by atoms with Gasteiger partial charge in [0.15, 0.2) is 0 Å². The molecule has 0 aliphatic heterocycles. The van der Waals surface area contributed by atoms with E-state index in [1.54, 1.807) is 19.2 Å². The van der Waals surface area contributed by atoms with E-state index in [0.717, 1.165) is 0 Å². The van der Waals surface area contributed by atoms with E-state index in [0.29, 0.717) is 10.2 Å². The van der Waals surface area contributed by atoms with Gasteiger partial charge in [-0.05, 0) is 28.1 Å². The molecule has 53 valence electrons. The summed E-state index contributed by atoms with van der Waals surface area (Å²) < 4.78 is 5.47. The van der Waals surface area contributed by atoms with Gasteiger partial charge in [0, 0.05) is 6.07 Å². The van der Waals surface area contributed by atoms with Gasteiger partial charge in [0.25, 0.3) is 0 Å². The number of phenols is 1. The first-order valence-electron chi connectivity index (χ1n) is 2.68. The number of phenolic OH excluding ortho intramolecular Hbond substituents is 1. The number of halogens is 1. The summed E-state index contributed by atoms with van der Waals surface area (Å²) in [6.07, 6.45) is 0. The van der Waals surface area contributed by atoms with Gasteiger partial charge in [-0.25, -0.2) is 0 Å². The number of hydrogen-bond acceptors (Lipinski definition) is 2. The molecule has 0 unspecified atom stereocenters. The van der Waals surface area contributed by atoms with Crippen LogP contribution in [0.1, 0.15) is 0 Å². The lowest BCUT2D eigenvalue weighted by atomic mass is 10.3. The lowest BCUT2D eigenvalue weighted by molar-refractivity contribution is 0.411. The molecule has 10 heavy (non-hydrogen) atoms. The molecule has 0 saturated carbocycles. The summed E-state index contributed by atoms with van der Waals surface area (Å²) in [4.78, 5) is 0. The molecule has 0 aliphatic carbocycles. The van der Waals surface area contributed by atoms with Crippen molar-refractivity contribution >= 4 is 15.9 Å². The molecular formula is C7H6BrO2. The largest absolute Gasteiger partial charge is 0.506 e. The summed E-state index contributed by atoms with van der Waals surface area (Å²) >= 11 is 3.13. The second kappa shape index (κ2) is 2.92. The summed E-state index contributed by atoms with van der Waals surface area (Å²) in [5.41, 5.74) is 0. The van der Waals surface area contributed by atoms with Gasteiger partial charge in [-0.2, -0.15) is 0 Å². The minimum Gasteiger partial charge on any atom is -0.506 e. The second-order valence-corrected chi connectivity index (χ2v) is 2.59. The third-order valence-electron chi connectivity index (χ3n) is 1.08. The normalized spacial score (nSPS) is 9.40. The molecule has 0 aromatic heterocycles. The predicted molar refractivity (Wildman–Crippen MR) is 41.2 cm³/mol. The topological polar surface area (TPSA) is 29.5 Å². The van der Waals surface area contributed by atoms with Crippen LogP contribution in [-0.2, 0) is 0 Å². The van der Waals surface area contributed by atoms with Gasteiger partial charge in [-0.3, -0.25) is 0 Å². The van der Waals surface area contributed by atoms with Crippen LogP contribution in [0.2, 0.25) is 0 Å². The zero-order valence-electron chi connectivity index (χ0n) is 5.39. The van der Waals surface area contributed by atoms with Crippen molar-refractivity contribution in [1.29, 1.82) is 0 Å². The van der Waals surface area contributed by atoms with Crippen molar-refractivity contribution in [2.45, 2.75) is 0 Å². The zero-order valence-corrected chi connectivity index (χ0v) is 6.97. The number of hydrogen-bond donors (Lipinski definition) is 1. The Bertz CT molecular complexity index is 235. The van der Waals surface area contributed by atoms with E-state index in [9.17, 15) is 0 Å². The molecule has 1 aromatic rings. The third kappa shape index (κ3) is 1.42. The van der Waals surface area contributed by atoms with Gasteiger partial charge in [0.05, 0.1) is 11.6 Å². The molecular weight excluding hydrogens is 196 g/mol. The molecule has 1 radical (unpaired) electrons. The minimum atomic E-state index is 0.0980. The molecule has 0 spiro atoms. The smallest absolute Gasteiger partial charge is 0.137 e. The molecule has 0 aliphatic rings. The highest BCUT2D eigenvalue weighted by Crippen LogP contribution is 2.26. The van der Waals surface area contributed by atoms with Crippen LogP contribution in [0.15, 0.2) is 16.6 Å². The van der Waals surface area contributed by atoms with Gasteiger partial charge in [-0.1, -0.05) is 0 Å². The van der Waals surface area contributed by atoms with Gasteiger partial charge in [0.1, 0.15) is 11.5 Å². The molecule has 0 atom stereocenters. The van der Waals surface area contributed by atoms with E-state index in [4.69, 9.17) is 9.84 Å². The quantitative estimate of drug-likeness (QED) is 0.754. The third-order valence-corrected chi connectivity index (χ3v) is 1.69. The Morgan fingerprint density at radius 1 is 1.70 bits per heavy atom. The maximum atomic E-state index is 8.98. The van der Waals surface area contributed by atoms with Gasteiger partial charge < -0.3 is 9.84 Å². The average molecular weight is 202 g/mol. The first-order chi connectivity index (χ1) is 4.74. The van der Waals surface area contributed by atoms with Crippen LogP contribution in [0, 0.1) is 6.07 Å². The van der Waals surface area contributed by atoms with Crippen LogP contribution in [0.4, 0.5) is 0 Å². The molecule has 1 N–H and O–H groups in total. The van der Waals surface area contributed by atoms with E-state index in [1.807, 2.05) is 0 Å². The minimum absolute atomic E-state index is 0.0980.